The number of hydrogen-bond acceptors (Lipinski definition) is 9. The minimum Gasteiger partial charge on any atom is -0.362 e. The highest BCUT2D eigenvalue weighted by Gasteiger charge is 2.41. The van der Waals surface area contributed by atoms with Gasteiger partial charge >= 0.3 is 0 Å². The molecular formula is C24H26F2N6O6. The highest BCUT2D eigenvalue weighted by atomic mass is 19.1. The van der Waals surface area contributed by atoms with Crippen LogP contribution in [0.1, 0.15) is 65.0 Å². The number of halogens is 2. The van der Waals surface area contributed by atoms with Crippen molar-refractivity contribution in [1.29, 1.82) is 0 Å². The van der Waals surface area contributed by atoms with Crippen LogP contribution in [0.15, 0.2) is 40.1 Å². The molecule has 0 aliphatic carbocycles. The molecule has 3 heterocycles. The average molecular weight is 533 g/mol. The summed E-state index contributed by atoms with van der Waals surface area (Å²) in [5.74, 6) is -5.23. The Morgan fingerprint density at radius 2 is 2.11 bits per heavy atom. The van der Waals surface area contributed by atoms with Crippen molar-refractivity contribution in [1.82, 2.24) is 25.5 Å². The fourth-order valence-corrected chi connectivity index (χ4v) is 4.09. The van der Waals surface area contributed by atoms with Crippen LogP contribution in [0.5, 0.6) is 0 Å². The van der Waals surface area contributed by atoms with Gasteiger partial charge in [-0.2, -0.15) is 4.98 Å². The third kappa shape index (κ3) is 5.26. The van der Waals surface area contributed by atoms with Crippen molar-refractivity contribution in [2.45, 2.75) is 52.2 Å². The molecule has 4 rings (SSSR count). The van der Waals surface area contributed by atoms with E-state index in [2.05, 4.69) is 20.8 Å². The van der Waals surface area contributed by atoms with Gasteiger partial charge in [0.15, 0.2) is 11.6 Å². The summed E-state index contributed by atoms with van der Waals surface area (Å²) in [4.78, 5) is 43.9. The maximum atomic E-state index is 14.1. The number of nitrogens with one attached hydrogen (secondary N) is 2. The first-order valence-corrected chi connectivity index (χ1v) is 11.7. The first-order valence-electron chi connectivity index (χ1n) is 11.7. The van der Waals surface area contributed by atoms with Crippen molar-refractivity contribution in [3.8, 4) is 0 Å². The van der Waals surface area contributed by atoms with Crippen LogP contribution in [0.4, 0.5) is 8.78 Å². The summed E-state index contributed by atoms with van der Waals surface area (Å²) in [6.07, 6.45) is 1.58. The summed E-state index contributed by atoms with van der Waals surface area (Å²) in [6, 6.07) is 2.88. The summed E-state index contributed by atoms with van der Waals surface area (Å²) in [6.45, 7) is 4.43. The predicted octanol–water partition coefficient (Wildman–Crippen LogP) is 1.26. The second-order valence-electron chi connectivity index (χ2n) is 8.84. The fraction of sp³-hybridized carbons (Fsp3) is 0.375. The maximum Gasteiger partial charge on any atom is 0.271 e. The molecule has 0 saturated heterocycles. The number of ether oxygens (including phenoxy) is 1. The van der Waals surface area contributed by atoms with Crippen molar-refractivity contribution in [2.75, 3.05) is 11.7 Å². The van der Waals surface area contributed by atoms with E-state index >= 15 is 0 Å². The Kier molecular flexibility index (Phi) is 7.55. The smallest absolute Gasteiger partial charge is 0.271 e. The van der Waals surface area contributed by atoms with E-state index in [4.69, 9.17) is 9.26 Å². The molecule has 0 radical (unpaired) electrons. The topological polar surface area (TPSA) is 152 Å². The van der Waals surface area contributed by atoms with Crippen LogP contribution < -0.4 is 21.1 Å². The number of fused-ring (bicyclic) bond motifs is 1. The van der Waals surface area contributed by atoms with Crippen LogP contribution in [-0.4, -0.2) is 44.5 Å². The molecule has 202 valence electrons. The van der Waals surface area contributed by atoms with Gasteiger partial charge in [0.2, 0.25) is 11.8 Å². The SMILES string of the molecule is CCC(O)(OC(C)C)c1c2n(cc(C(=O)NCc3ccc(F)cc3F)c1=O)N(Cc1ncon1)CNC2=O. The van der Waals surface area contributed by atoms with Crippen LogP contribution >= 0.6 is 0 Å². The van der Waals surface area contributed by atoms with Crippen LogP contribution in [0.25, 0.3) is 0 Å². The van der Waals surface area contributed by atoms with Gasteiger partial charge in [-0.3, -0.25) is 24.1 Å². The molecule has 1 atom stereocenters. The van der Waals surface area contributed by atoms with E-state index in [1.165, 1.54) is 15.8 Å². The lowest BCUT2D eigenvalue weighted by Gasteiger charge is -2.37. The molecule has 0 fully saturated rings. The predicted molar refractivity (Wildman–Crippen MR) is 127 cm³/mol. The number of amides is 2. The van der Waals surface area contributed by atoms with Crippen molar-refractivity contribution in [2.24, 2.45) is 0 Å². The molecule has 0 bridgehead atoms. The molecule has 0 saturated carbocycles. The monoisotopic (exact) mass is 532 g/mol. The summed E-state index contributed by atoms with van der Waals surface area (Å²) in [7, 11) is 0. The van der Waals surface area contributed by atoms with E-state index in [0.29, 0.717) is 6.07 Å². The van der Waals surface area contributed by atoms with Crippen molar-refractivity contribution >= 4 is 11.8 Å². The van der Waals surface area contributed by atoms with Crippen LogP contribution in [-0.2, 0) is 23.6 Å². The lowest BCUT2D eigenvalue weighted by molar-refractivity contribution is -0.234. The number of nitrogens with zero attached hydrogens (tertiary/aromatic N) is 4. The molecule has 12 nitrogen and oxygen atoms in total. The normalized spacial score (nSPS) is 14.7. The summed E-state index contributed by atoms with van der Waals surface area (Å²) in [5, 5.41) is 21.8. The van der Waals surface area contributed by atoms with Gasteiger partial charge in [0.25, 0.3) is 11.8 Å². The van der Waals surface area contributed by atoms with Gasteiger partial charge < -0.3 is 25.0 Å². The Hall–Kier alpha value is -4.17. The Balaban J connectivity index is 1.83. The van der Waals surface area contributed by atoms with E-state index in [0.717, 1.165) is 18.7 Å². The van der Waals surface area contributed by atoms with Gasteiger partial charge in [-0.1, -0.05) is 18.1 Å². The van der Waals surface area contributed by atoms with Crippen molar-refractivity contribution < 1.29 is 32.7 Å². The second-order valence-corrected chi connectivity index (χ2v) is 8.84. The number of rotatable bonds is 9. The van der Waals surface area contributed by atoms with Crippen LogP contribution in [0.2, 0.25) is 0 Å². The Labute approximate surface area is 215 Å². The largest absolute Gasteiger partial charge is 0.362 e. The highest BCUT2D eigenvalue weighted by molar-refractivity contribution is 5.98. The first-order chi connectivity index (χ1) is 18.0. The molecule has 2 amide bonds. The number of pyridine rings is 1. The third-order valence-corrected chi connectivity index (χ3v) is 5.86. The molecule has 3 aromatic rings. The first kappa shape index (κ1) is 26.9. The average Bonchev–Trinajstić information content (AvgIpc) is 3.37. The number of carbonyl (C=O) groups excluding carboxylic acids is 2. The van der Waals surface area contributed by atoms with Gasteiger partial charge in [-0.05, 0) is 19.9 Å². The number of aliphatic hydroxyl groups is 1. The molecule has 3 N–H and O–H groups in total. The summed E-state index contributed by atoms with van der Waals surface area (Å²) < 4.78 is 39.0. The molecular weight excluding hydrogens is 506 g/mol. The van der Waals surface area contributed by atoms with Gasteiger partial charge in [-0.15, -0.1) is 0 Å². The van der Waals surface area contributed by atoms with E-state index in [9.17, 15) is 28.3 Å². The molecule has 38 heavy (non-hydrogen) atoms. The zero-order chi connectivity index (χ0) is 27.6. The van der Waals surface area contributed by atoms with E-state index in [1.54, 1.807) is 20.8 Å². The number of aromatic nitrogens is 3. The van der Waals surface area contributed by atoms with Gasteiger partial charge in [0, 0.05) is 30.8 Å². The quantitative estimate of drug-likeness (QED) is 0.346. The van der Waals surface area contributed by atoms with Crippen LogP contribution in [0.3, 0.4) is 0 Å². The molecule has 1 aliphatic heterocycles. The number of benzene rings is 1. The van der Waals surface area contributed by atoms with E-state index < -0.39 is 51.9 Å². The Morgan fingerprint density at radius 1 is 1.34 bits per heavy atom. The minimum absolute atomic E-state index is 0.00350. The Bertz CT molecular complexity index is 1410. The van der Waals surface area contributed by atoms with Gasteiger partial charge in [0.1, 0.15) is 36.1 Å². The summed E-state index contributed by atoms with van der Waals surface area (Å²) >= 11 is 0. The molecule has 1 unspecified atom stereocenters. The van der Waals surface area contributed by atoms with E-state index in [-0.39, 0.29) is 43.3 Å². The standard InChI is InChI=1S/C24H26F2N6O6/c1-4-24(36,38-13(2)3)19-20-23(35)28-11-31(10-18-29-12-37-30-18)32(20)9-16(21(19)33)22(34)27-8-14-5-6-15(25)7-17(14)26/h5-7,9,12-13,36H,4,8,10-11H2,1-3H3,(H,27,34)(H,28,35). The molecule has 14 heteroatoms. The lowest BCUT2D eigenvalue weighted by atomic mass is 9.97. The lowest BCUT2D eigenvalue weighted by Crippen LogP contribution is -2.55. The van der Waals surface area contributed by atoms with Crippen molar-refractivity contribution in [3.63, 3.8) is 0 Å². The fourth-order valence-electron chi connectivity index (χ4n) is 4.09. The minimum atomic E-state index is -2.23. The zero-order valence-electron chi connectivity index (χ0n) is 20.8. The highest BCUT2D eigenvalue weighted by Crippen LogP contribution is 2.30. The van der Waals surface area contributed by atoms with Crippen LogP contribution in [0, 0.1) is 11.6 Å². The Morgan fingerprint density at radius 3 is 2.74 bits per heavy atom. The molecule has 2 aromatic heterocycles. The summed E-state index contributed by atoms with van der Waals surface area (Å²) in [5.41, 5.74) is -2.09. The van der Waals surface area contributed by atoms with Gasteiger partial charge in [-0.25, -0.2) is 8.78 Å². The van der Waals surface area contributed by atoms with E-state index in [1.807, 2.05) is 0 Å². The molecule has 1 aliphatic rings. The second kappa shape index (κ2) is 10.7. The van der Waals surface area contributed by atoms with Gasteiger partial charge in [0.05, 0.1) is 11.7 Å². The van der Waals surface area contributed by atoms with Crippen molar-refractivity contribution in [3.05, 3.63) is 80.9 Å². The maximum absolute atomic E-state index is 14.1. The number of carbonyl (C=O) groups is 2. The number of hydrogen-bond donors (Lipinski definition) is 3. The molecule has 1 aromatic carbocycles. The third-order valence-electron chi connectivity index (χ3n) is 5.86. The zero-order valence-corrected chi connectivity index (χ0v) is 20.8. The molecule has 0 spiro atoms.